The van der Waals surface area contributed by atoms with Crippen LogP contribution in [0.3, 0.4) is 0 Å². The lowest BCUT2D eigenvalue weighted by Crippen LogP contribution is -2.31. The Labute approximate surface area is 158 Å². The van der Waals surface area contributed by atoms with Gasteiger partial charge in [-0.3, -0.25) is 9.59 Å². The molecule has 1 saturated heterocycles. The highest BCUT2D eigenvalue weighted by Gasteiger charge is 2.47. The zero-order valence-electron chi connectivity index (χ0n) is 15.4. The lowest BCUT2D eigenvalue weighted by atomic mass is 9.99. The van der Waals surface area contributed by atoms with Gasteiger partial charge in [-0.1, -0.05) is 30.3 Å². The van der Waals surface area contributed by atoms with Crippen LogP contribution in [0.5, 0.6) is 0 Å². The van der Waals surface area contributed by atoms with Crippen LogP contribution >= 0.6 is 0 Å². The Morgan fingerprint density at radius 1 is 1.19 bits per heavy atom. The van der Waals surface area contributed by atoms with Gasteiger partial charge in [-0.25, -0.2) is 0 Å². The highest BCUT2D eigenvalue weighted by Crippen LogP contribution is 2.39. The average Bonchev–Trinajstić information content (AvgIpc) is 3.27. The summed E-state index contributed by atoms with van der Waals surface area (Å²) in [6, 6.07) is 11.4. The van der Waals surface area contributed by atoms with Crippen molar-refractivity contribution in [1.82, 2.24) is 4.90 Å². The van der Waals surface area contributed by atoms with Crippen molar-refractivity contribution in [3.63, 3.8) is 0 Å². The molecule has 0 aliphatic carbocycles. The highest BCUT2D eigenvalue weighted by atomic mass is 16.5. The number of hydrogen-bond donors (Lipinski definition) is 1. The fraction of sp³-hybridized carbons (Fsp3) is 0.333. The van der Waals surface area contributed by atoms with E-state index in [4.69, 9.17) is 9.15 Å². The Morgan fingerprint density at radius 3 is 2.56 bits per heavy atom. The summed E-state index contributed by atoms with van der Waals surface area (Å²) in [6.07, 6.45) is 2.16. The molecular formula is C21H23NO5. The summed E-state index contributed by atoms with van der Waals surface area (Å²) >= 11 is 0. The molecule has 1 aromatic heterocycles. The minimum Gasteiger partial charge on any atom is -0.507 e. The Hall–Kier alpha value is -2.86. The van der Waals surface area contributed by atoms with E-state index in [1.54, 1.807) is 36.4 Å². The van der Waals surface area contributed by atoms with Crippen molar-refractivity contribution >= 4 is 17.4 Å². The first-order valence-corrected chi connectivity index (χ1v) is 8.99. The molecule has 0 bridgehead atoms. The predicted molar refractivity (Wildman–Crippen MR) is 99.9 cm³/mol. The van der Waals surface area contributed by atoms with Crippen LogP contribution in [0.4, 0.5) is 0 Å². The van der Waals surface area contributed by atoms with E-state index in [0.29, 0.717) is 30.9 Å². The number of ketones is 1. The van der Waals surface area contributed by atoms with Gasteiger partial charge in [0, 0.05) is 18.7 Å². The molecule has 0 saturated carbocycles. The van der Waals surface area contributed by atoms with Gasteiger partial charge in [-0.15, -0.1) is 0 Å². The Morgan fingerprint density at radius 2 is 1.93 bits per heavy atom. The van der Waals surface area contributed by atoms with Gasteiger partial charge >= 0.3 is 0 Å². The van der Waals surface area contributed by atoms with E-state index in [2.05, 4.69) is 0 Å². The third-order valence-corrected chi connectivity index (χ3v) is 4.39. The molecule has 6 nitrogen and oxygen atoms in total. The van der Waals surface area contributed by atoms with Crippen LogP contribution in [-0.2, 0) is 14.3 Å². The summed E-state index contributed by atoms with van der Waals surface area (Å²) in [5.74, 6) is -1.10. The number of hydrogen-bond acceptors (Lipinski definition) is 5. The van der Waals surface area contributed by atoms with Gasteiger partial charge in [-0.05, 0) is 32.4 Å². The summed E-state index contributed by atoms with van der Waals surface area (Å²) in [5.41, 5.74) is 0.529. The summed E-state index contributed by atoms with van der Waals surface area (Å²) < 4.78 is 11.0. The number of amides is 1. The molecule has 1 aliphatic rings. The SMILES string of the molecule is CC(C)OCCCN1C(=O)C(=O)/C(=C(\O)c2ccccc2)C1c1ccco1. The van der Waals surface area contributed by atoms with Crippen LogP contribution < -0.4 is 0 Å². The van der Waals surface area contributed by atoms with Crippen LogP contribution in [0, 0.1) is 0 Å². The Bertz CT molecular complexity index is 824. The van der Waals surface area contributed by atoms with E-state index in [1.807, 2.05) is 19.9 Å². The van der Waals surface area contributed by atoms with Gasteiger partial charge in [0.25, 0.3) is 11.7 Å². The number of furan rings is 1. The van der Waals surface area contributed by atoms with Crippen molar-refractivity contribution in [3.8, 4) is 0 Å². The molecule has 1 atom stereocenters. The lowest BCUT2D eigenvalue weighted by Gasteiger charge is -2.23. The quantitative estimate of drug-likeness (QED) is 0.350. The largest absolute Gasteiger partial charge is 0.507 e. The van der Waals surface area contributed by atoms with Crippen LogP contribution in [0.1, 0.15) is 37.6 Å². The molecule has 2 heterocycles. The van der Waals surface area contributed by atoms with Crippen molar-refractivity contribution in [3.05, 3.63) is 65.6 Å². The monoisotopic (exact) mass is 369 g/mol. The van der Waals surface area contributed by atoms with Crippen molar-refractivity contribution in [2.75, 3.05) is 13.2 Å². The normalized spacial score (nSPS) is 19.2. The first kappa shape index (κ1) is 18.9. The topological polar surface area (TPSA) is 80.0 Å². The first-order valence-electron chi connectivity index (χ1n) is 8.99. The number of carbonyl (C=O) groups excluding carboxylic acids is 2. The van der Waals surface area contributed by atoms with Gasteiger partial charge in [0.2, 0.25) is 0 Å². The fourth-order valence-electron chi connectivity index (χ4n) is 3.16. The molecular weight excluding hydrogens is 346 g/mol. The molecule has 142 valence electrons. The molecule has 3 rings (SSSR count). The molecule has 1 N–H and O–H groups in total. The molecule has 2 aromatic rings. The third kappa shape index (κ3) is 3.95. The van der Waals surface area contributed by atoms with E-state index in [9.17, 15) is 14.7 Å². The zero-order valence-corrected chi connectivity index (χ0v) is 15.4. The summed E-state index contributed by atoms with van der Waals surface area (Å²) in [6.45, 7) is 4.68. The van der Waals surface area contributed by atoms with Gasteiger partial charge in [0.15, 0.2) is 0 Å². The van der Waals surface area contributed by atoms with Crippen LogP contribution in [0.25, 0.3) is 5.76 Å². The number of aliphatic hydroxyl groups excluding tert-OH is 1. The molecule has 1 aliphatic heterocycles. The second-order valence-electron chi connectivity index (χ2n) is 6.65. The number of nitrogens with zero attached hydrogens (tertiary/aromatic N) is 1. The minimum atomic E-state index is -0.751. The zero-order chi connectivity index (χ0) is 19.4. The van der Waals surface area contributed by atoms with Crippen LogP contribution in [0.15, 0.2) is 58.7 Å². The van der Waals surface area contributed by atoms with E-state index in [1.165, 1.54) is 11.2 Å². The van der Waals surface area contributed by atoms with Gasteiger partial charge in [0.1, 0.15) is 17.6 Å². The van der Waals surface area contributed by atoms with Crippen molar-refractivity contribution in [2.24, 2.45) is 0 Å². The minimum absolute atomic E-state index is 0.0472. The molecule has 0 radical (unpaired) electrons. The van der Waals surface area contributed by atoms with Crippen molar-refractivity contribution in [2.45, 2.75) is 32.4 Å². The smallest absolute Gasteiger partial charge is 0.295 e. The standard InChI is InChI=1S/C21H23NO5/c1-14(2)26-13-7-11-22-18(16-10-6-12-27-16)17(20(24)21(22)25)19(23)15-8-4-3-5-9-15/h3-6,8-10,12,14,18,23H,7,11,13H2,1-2H3/b19-17-. The predicted octanol–water partition coefficient (Wildman–Crippen LogP) is 3.52. The molecule has 1 unspecified atom stereocenters. The van der Waals surface area contributed by atoms with Gasteiger partial charge in [0.05, 0.1) is 17.9 Å². The molecule has 0 spiro atoms. The molecule has 27 heavy (non-hydrogen) atoms. The number of benzene rings is 1. The van der Waals surface area contributed by atoms with Gasteiger partial charge in [-0.2, -0.15) is 0 Å². The van der Waals surface area contributed by atoms with E-state index in [0.717, 1.165) is 0 Å². The maximum atomic E-state index is 12.7. The summed E-state index contributed by atoms with van der Waals surface area (Å²) in [4.78, 5) is 26.8. The van der Waals surface area contributed by atoms with Gasteiger partial charge < -0.3 is 19.2 Å². The number of rotatable bonds is 7. The number of Topliss-reactive ketones (excluding diaryl/α,β-unsaturated/α-hetero) is 1. The Kier molecular flexibility index (Phi) is 5.76. The number of aliphatic hydroxyl groups is 1. The second kappa shape index (κ2) is 8.22. The van der Waals surface area contributed by atoms with Crippen molar-refractivity contribution in [1.29, 1.82) is 0 Å². The average molecular weight is 369 g/mol. The number of likely N-dealkylation sites (tertiary alicyclic amines) is 1. The highest BCUT2D eigenvalue weighted by molar-refractivity contribution is 6.46. The maximum Gasteiger partial charge on any atom is 0.295 e. The molecule has 1 amide bonds. The molecule has 6 heteroatoms. The first-order chi connectivity index (χ1) is 13.0. The molecule has 1 aromatic carbocycles. The lowest BCUT2D eigenvalue weighted by molar-refractivity contribution is -0.140. The Balaban J connectivity index is 1.95. The molecule has 1 fully saturated rings. The fourth-order valence-corrected chi connectivity index (χ4v) is 3.16. The summed E-state index contributed by atoms with van der Waals surface area (Å²) in [7, 11) is 0. The van der Waals surface area contributed by atoms with E-state index >= 15 is 0 Å². The third-order valence-electron chi connectivity index (χ3n) is 4.39. The number of ether oxygens (including phenoxy) is 1. The van der Waals surface area contributed by atoms with E-state index in [-0.39, 0.29) is 17.4 Å². The van der Waals surface area contributed by atoms with Crippen molar-refractivity contribution < 1.29 is 23.8 Å². The number of carbonyl (C=O) groups is 2. The van der Waals surface area contributed by atoms with Crippen LogP contribution in [-0.4, -0.2) is 41.0 Å². The van der Waals surface area contributed by atoms with Crippen LogP contribution in [0.2, 0.25) is 0 Å². The maximum absolute atomic E-state index is 12.7. The van der Waals surface area contributed by atoms with E-state index < -0.39 is 17.7 Å². The summed E-state index contributed by atoms with van der Waals surface area (Å²) in [5, 5.41) is 10.8. The second-order valence-corrected chi connectivity index (χ2v) is 6.65.